The van der Waals surface area contributed by atoms with Crippen molar-refractivity contribution < 1.29 is 4.79 Å². The van der Waals surface area contributed by atoms with Gasteiger partial charge in [-0.25, -0.2) is 14.8 Å². The lowest BCUT2D eigenvalue weighted by Gasteiger charge is -2.36. The Labute approximate surface area is 156 Å². The van der Waals surface area contributed by atoms with Crippen molar-refractivity contribution in [1.29, 1.82) is 0 Å². The van der Waals surface area contributed by atoms with Crippen LogP contribution in [0.25, 0.3) is 10.2 Å². The third-order valence-corrected chi connectivity index (χ3v) is 5.85. The molecule has 26 heavy (non-hydrogen) atoms. The molecule has 0 radical (unpaired) electrons. The van der Waals surface area contributed by atoms with Crippen LogP contribution in [0.15, 0.2) is 36.9 Å². The average molecular weight is 369 g/mol. The number of urea groups is 1. The number of imidazole rings is 1. The molecule has 3 aromatic rings. The van der Waals surface area contributed by atoms with Crippen molar-refractivity contribution in [2.75, 3.05) is 11.9 Å². The number of amides is 2. The van der Waals surface area contributed by atoms with Crippen LogP contribution in [0.5, 0.6) is 0 Å². The topological polar surface area (TPSA) is 63.1 Å². The summed E-state index contributed by atoms with van der Waals surface area (Å²) in [5, 5.41) is 4.12. The Kier molecular flexibility index (Phi) is 4.88. The highest BCUT2D eigenvalue weighted by molar-refractivity contribution is 7.18. The van der Waals surface area contributed by atoms with Crippen molar-refractivity contribution in [1.82, 2.24) is 19.4 Å². The van der Waals surface area contributed by atoms with Gasteiger partial charge < -0.3 is 14.8 Å². The standard InChI is InChI=1S/C19H23N5OS/c1-14-21-17-6-5-15(12-18(17)26-14)22-19(25)24-9-3-2-4-16(24)7-10-23-11-8-20-13-23/h5-6,8,11-13,16H,2-4,7,9-10H2,1H3,(H,22,25)/t16-/m1/s1. The average Bonchev–Trinajstić information content (AvgIpc) is 3.28. The van der Waals surface area contributed by atoms with Crippen molar-refractivity contribution in [2.45, 2.75) is 45.2 Å². The molecule has 1 aromatic carbocycles. The van der Waals surface area contributed by atoms with Gasteiger partial charge in [-0.2, -0.15) is 0 Å². The van der Waals surface area contributed by atoms with Crippen molar-refractivity contribution in [3.05, 3.63) is 41.9 Å². The highest BCUT2D eigenvalue weighted by atomic mass is 32.1. The normalized spacial score (nSPS) is 17.6. The number of likely N-dealkylation sites (tertiary alicyclic amines) is 1. The van der Waals surface area contributed by atoms with Gasteiger partial charge >= 0.3 is 6.03 Å². The number of carbonyl (C=O) groups excluding carboxylic acids is 1. The fourth-order valence-electron chi connectivity index (χ4n) is 3.60. The first kappa shape index (κ1) is 17.0. The lowest BCUT2D eigenvalue weighted by atomic mass is 10.00. The fourth-order valence-corrected chi connectivity index (χ4v) is 4.46. The first-order valence-corrected chi connectivity index (χ1v) is 9.91. The predicted octanol–water partition coefficient (Wildman–Crippen LogP) is 4.28. The van der Waals surface area contributed by atoms with Crippen LogP contribution in [0.4, 0.5) is 10.5 Å². The maximum atomic E-state index is 12.9. The second-order valence-electron chi connectivity index (χ2n) is 6.78. The molecule has 1 N–H and O–H groups in total. The molecule has 3 heterocycles. The van der Waals surface area contributed by atoms with Gasteiger partial charge in [0.2, 0.25) is 0 Å². The van der Waals surface area contributed by atoms with Crippen molar-refractivity contribution in [3.63, 3.8) is 0 Å². The van der Waals surface area contributed by atoms with E-state index in [1.54, 1.807) is 17.5 Å². The van der Waals surface area contributed by atoms with Gasteiger partial charge in [0.25, 0.3) is 0 Å². The van der Waals surface area contributed by atoms with Gasteiger partial charge in [-0.3, -0.25) is 0 Å². The van der Waals surface area contributed by atoms with E-state index in [0.717, 1.165) is 53.3 Å². The van der Waals surface area contributed by atoms with Gasteiger partial charge in [-0.15, -0.1) is 11.3 Å². The Morgan fingerprint density at radius 3 is 3.15 bits per heavy atom. The van der Waals surface area contributed by atoms with E-state index in [0.29, 0.717) is 0 Å². The fraction of sp³-hybridized carbons (Fsp3) is 0.421. The van der Waals surface area contributed by atoms with Crippen LogP contribution >= 0.6 is 11.3 Å². The van der Waals surface area contributed by atoms with Crippen molar-refractivity contribution in [2.24, 2.45) is 0 Å². The molecule has 1 atom stereocenters. The third kappa shape index (κ3) is 3.72. The van der Waals surface area contributed by atoms with E-state index in [2.05, 4.69) is 19.9 Å². The Hall–Kier alpha value is -2.41. The van der Waals surface area contributed by atoms with Gasteiger partial charge in [-0.1, -0.05) is 0 Å². The maximum Gasteiger partial charge on any atom is 0.322 e. The molecule has 2 amide bonds. The molecule has 1 fully saturated rings. The van der Waals surface area contributed by atoms with Gasteiger partial charge in [0.1, 0.15) is 0 Å². The van der Waals surface area contributed by atoms with E-state index >= 15 is 0 Å². The summed E-state index contributed by atoms with van der Waals surface area (Å²) in [6.45, 7) is 3.71. The molecule has 4 rings (SSSR count). The molecule has 0 saturated carbocycles. The van der Waals surface area contributed by atoms with Crippen molar-refractivity contribution >= 4 is 33.3 Å². The van der Waals surface area contributed by atoms with E-state index in [9.17, 15) is 4.79 Å². The molecule has 1 aliphatic rings. The van der Waals surface area contributed by atoms with E-state index < -0.39 is 0 Å². The number of benzene rings is 1. The molecule has 136 valence electrons. The molecule has 1 saturated heterocycles. The molecule has 7 heteroatoms. The second-order valence-corrected chi connectivity index (χ2v) is 8.01. The van der Waals surface area contributed by atoms with Crippen LogP contribution in [0.3, 0.4) is 0 Å². The number of piperidine rings is 1. The highest BCUT2D eigenvalue weighted by Crippen LogP contribution is 2.26. The van der Waals surface area contributed by atoms with Crippen LogP contribution < -0.4 is 5.32 Å². The Balaban J connectivity index is 1.43. The number of carbonyl (C=O) groups is 1. The van der Waals surface area contributed by atoms with E-state index in [1.807, 2.05) is 42.5 Å². The smallest absolute Gasteiger partial charge is 0.322 e. The number of nitrogens with one attached hydrogen (secondary N) is 1. The first-order chi connectivity index (χ1) is 12.7. The summed E-state index contributed by atoms with van der Waals surface area (Å²) < 4.78 is 3.18. The summed E-state index contributed by atoms with van der Waals surface area (Å²) in [5.74, 6) is 0. The molecule has 0 unspecified atom stereocenters. The number of aromatic nitrogens is 3. The molecular formula is C19H23N5OS. The summed E-state index contributed by atoms with van der Waals surface area (Å²) in [6, 6.07) is 6.20. The Morgan fingerprint density at radius 1 is 1.38 bits per heavy atom. The number of hydrogen-bond donors (Lipinski definition) is 1. The monoisotopic (exact) mass is 369 g/mol. The quantitative estimate of drug-likeness (QED) is 0.747. The summed E-state index contributed by atoms with van der Waals surface area (Å²) >= 11 is 1.65. The summed E-state index contributed by atoms with van der Waals surface area (Å²) in [7, 11) is 0. The Morgan fingerprint density at radius 2 is 2.31 bits per heavy atom. The van der Waals surface area contributed by atoms with E-state index in [-0.39, 0.29) is 12.1 Å². The Bertz CT molecular complexity index is 889. The van der Waals surface area contributed by atoms with Crippen LogP contribution in [0.1, 0.15) is 30.7 Å². The van der Waals surface area contributed by atoms with E-state index in [4.69, 9.17) is 0 Å². The first-order valence-electron chi connectivity index (χ1n) is 9.09. The van der Waals surface area contributed by atoms with Crippen LogP contribution in [0, 0.1) is 6.92 Å². The summed E-state index contributed by atoms with van der Waals surface area (Å²) in [5.41, 5.74) is 1.83. The predicted molar refractivity (Wildman–Crippen MR) is 105 cm³/mol. The molecule has 6 nitrogen and oxygen atoms in total. The van der Waals surface area contributed by atoms with Crippen LogP contribution in [0.2, 0.25) is 0 Å². The zero-order valence-electron chi connectivity index (χ0n) is 14.9. The molecule has 0 bridgehead atoms. The molecule has 2 aromatic heterocycles. The number of anilines is 1. The van der Waals surface area contributed by atoms with Crippen molar-refractivity contribution in [3.8, 4) is 0 Å². The number of aryl methyl sites for hydroxylation is 2. The molecular weight excluding hydrogens is 346 g/mol. The lowest BCUT2D eigenvalue weighted by Crippen LogP contribution is -2.46. The van der Waals surface area contributed by atoms with Gasteiger partial charge in [-0.05, 0) is 50.8 Å². The maximum absolute atomic E-state index is 12.9. The number of thiazole rings is 1. The van der Waals surface area contributed by atoms with Gasteiger partial charge in [0.05, 0.1) is 21.6 Å². The van der Waals surface area contributed by atoms with Crippen LogP contribution in [-0.4, -0.2) is 38.1 Å². The minimum atomic E-state index is 0.000850. The second kappa shape index (κ2) is 7.45. The SMILES string of the molecule is Cc1nc2ccc(NC(=O)N3CCCC[C@@H]3CCn3ccnc3)cc2s1. The molecule has 1 aliphatic heterocycles. The zero-order valence-corrected chi connectivity index (χ0v) is 15.7. The van der Waals surface area contributed by atoms with Crippen LogP contribution in [-0.2, 0) is 6.54 Å². The number of fused-ring (bicyclic) bond motifs is 1. The lowest BCUT2D eigenvalue weighted by molar-refractivity contribution is 0.155. The zero-order chi connectivity index (χ0) is 17.9. The summed E-state index contributed by atoms with van der Waals surface area (Å²) in [4.78, 5) is 23.4. The minimum absolute atomic E-state index is 0.000850. The minimum Gasteiger partial charge on any atom is -0.337 e. The largest absolute Gasteiger partial charge is 0.337 e. The molecule has 0 aliphatic carbocycles. The van der Waals surface area contributed by atoms with E-state index in [1.165, 1.54) is 6.42 Å². The number of nitrogens with zero attached hydrogens (tertiary/aromatic N) is 4. The third-order valence-electron chi connectivity index (χ3n) is 4.91. The van der Waals surface area contributed by atoms with Gasteiger partial charge in [0.15, 0.2) is 0 Å². The van der Waals surface area contributed by atoms with Gasteiger partial charge in [0, 0.05) is 37.2 Å². The number of rotatable bonds is 4. The summed E-state index contributed by atoms with van der Waals surface area (Å²) in [6.07, 6.45) is 9.88. The molecule has 0 spiro atoms. The highest BCUT2D eigenvalue weighted by Gasteiger charge is 2.26. The number of hydrogen-bond acceptors (Lipinski definition) is 4.